The Balaban J connectivity index is 1.49. The highest BCUT2D eigenvalue weighted by atomic mass is 35.5. The van der Waals surface area contributed by atoms with Crippen LogP contribution in [0.5, 0.6) is 5.75 Å². The van der Waals surface area contributed by atoms with Gasteiger partial charge in [0.25, 0.3) is 17.7 Å². The highest BCUT2D eigenvalue weighted by Crippen LogP contribution is 2.27. The van der Waals surface area contributed by atoms with Crippen LogP contribution < -0.4 is 20.3 Å². The van der Waals surface area contributed by atoms with Crippen molar-refractivity contribution in [2.75, 3.05) is 16.8 Å². The zero-order valence-corrected chi connectivity index (χ0v) is 21.4. The van der Waals surface area contributed by atoms with Gasteiger partial charge in [-0.3, -0.25) is 19.7 Å². The molecule has 1 aliphatic heterocycles. The number of amides is 5. The van der Waals surface area contributed by atoms with Crippen molar-refractivity contribution >= 4 is 76.0 Å². The highest BCUT2D eigenvalue weighted by Gasteiger charge is 2.37. The molecule has 0 radical (unpaired) electrons. The van der Waals surface area contributed by atoms with Crippen LogP contribution in [0, 0.1) is 6.92 Å². The first-order valence-corrected chi connectivity index (χ1v) is 11.9. The molecule has 11 heteroatoms. The number of hydrogen-bond acceptors (Lipinski definition) is 5. The third kappa shape index (κ3) is 6.11. The van der Waals surface area contributed by atoms with Crippen LogP contribution in [0.2, 0.25) is 15.1 Å². The number of rotatable bonds is 6. The van der Waals surface area contributed by atoms with Crippen LogP contribution in [0.3, 0.4) is 0 Å². The van der Waals surface area contributed by atoms with Gasteiger partial charge in [-0.2, -0.15) is 0 Å². The first kappa shape index (κ1) is 26.2. The Morgan fingerprint density at radius 2 is 1.76 bits per heavy atom. The molecule has 37 heavy (non-hydrogen) atoms. The molecule has 8 nitrogen and oxygen atoms in total. The topological polar surface area (TPSA) is 105 Å². The molecule has 0 saturated carbocycles. The fraction of sp³-hybridized carbons (Fsp3) is 0.0769. The van der Waals surface area contributed by atoms with Crippen LogP contribution in [-0.4, -0.2) is 30.4 Å². The lowest BCUT2D eigenvalue weighted by Gasteiger charge is -2.26. The van der Waals surface area contributed by atoms with Crippen LogP contribution in [0.15, 0.2) is 66.2 Å². The largest absolute Gasteiger partial charge is 0.484 e. The zero-order valence-electron chi connectivity index (χ0n) is 19.2. The first-order chi connectivity index (χ1) is 17.6. The van der Waals surface area contributed by atoms with Crippen LogP contribution in [-0.2, 0) is 14.4 Å². The Kier molecular flexibility index (Phi) is 7.83. The number of ether oxygens (including phenoxy) is 1. The molecule has 0 bridgehead atoms. The molecule has 0 atom stereocenters. The summed E-state index contributed by atoms with van der Waals surface area (Å²) in [6.07, 6.45) is 1.33. The number of anilines is 2. The number of carbonyl (C=O) groups excluding carboxylic acids is 4. The molecule has 1 aliphatic rings. The van der Waals surface area contributed by atoms with Gasteiger partial charge < -0.3 is 10.1 Å². The average Bonchev–Trinajstić information content (AvgIpc) is 2.85. The standard InChI is InChI=1S/C26H18Cl3N3O5/c1-14-5-7-17(12-21(14)28)32-25(35)19(24(34)31-26(32)36)10-15-3-2-4-18(9-15)37-13-23(33)30-16-6-8-20(27)22(29)11-16/h2-12H,13H2,1H3,(H,30,33)(H,31,34,36)/b19-10+. The van der Waals surface area contributed by atoms with Gasteiger partial charge in [0.05, 0.1) is 15.7 Å². The number of nitrogens with zero attached hydrogens (tertiary/aromatic N) is 1. The minimum absolute atomic E-state index is 0.224. The van der Waals surface area contributed by atoms with Crippen molar-refractivity contribution in [1.82, 2.24) is 5.32 Å². The van der Waals surface area contributed by atoms with E-state index in [4.69, 9.17) is 39.5 Å². The van der Waals surface area contributed by atoms with Crippen molar-refractivity contribution in [1.29, 1.82) is 0 Å². The number of hydrogen-bond donors (Lipinski definition) is 2. The normalized spacial score (nSPS) is 14.5. The van der Waals surface area contributed by atoms with Gasteiger partial charge in [0.2, 0.25) is 0 Å². The summed E-state index contributed by atoms with van der Waals surface area (Å²) in [5, 5.41) is 5.83. The van der Waals surface area contributed by atoms with Gasteiger partial charge in [0.15, 0.2) is 6.61 Å². The molecule has 3 aromatic rings. The minimum atomic E-state index is -0.878. The Bertz CT molecular complexity index is 1470. The predicted octanol–water partition coefficient (Wildman–Crippen LogP) is 5.64. The molecular formula is C26H18Cl3N3O5. The van der Waals surface area contributed by atoms with E-state index in [1.807, 2.05) is 0 Å². The lowest BCUT2D eigenvalue weighted by Crippen LogP contribution is -2.54. The highest BCUT2D eigenvalue weighted by molar-refractivity contribution is 6.42. The smallest absolute Gasteiger partial charge is 0.335 e. The molecule has 2 N–H and O–H groups in total. The summed E-state index contributed by atoms with van der Waals surface area (Å²) in [6.45, 7) is 1.47. The summed E-state index contributed by atoms with van der Waals surface area (Å²) in [5.74, 6) is -1.76. The van der Waals surface area contributed by atoms with Gasteiger partial charge >= 0.3 is 6.03 Å². The molecule has 0 aromatic heterocycles. The van der Waals surface area contributed by atoms with E-state index in [9.17, 15) is 19.2 Å². The van der Waals surface area contributed by atoms with E-state index in [0.717, 1.165) is 10.5 Å². The Hall–Kier alpha value is -3.85. The number of imide groups is 2. The maximum absolute atomic E-state index is 13.1. The number of barbiturate groups is 1. The third-order valence-corrected chi connectivity index (χ3v) is 6.40. The molecule has 1 saturated heterocycles. The van der Waals surface area contributed by atoms with E-state index in [2.05, 4.69) is 10.6 Å². The van der Waals surface area contributed by atoms with E-state index in [1.54, 1.807) is 55.5 Å². The minimum Gasteiger partial charge on any atom is -0.484 e. The van der Waals surface area contributed by atoms with Crippen LogP contribution >= 0.6 is 34.8 Å². The number of halogens is 3. The Morgan fingerprint density at radius 1 is 0.973 bits per heavy atom. The van der Waals surface area contributed by atoms with Crippen LogP contribution in [0.25, 0.3) is 6.08 Å². The van der Waals surface area contributed by atoms with Crippen LogP contribution in [0.1, 0.15) is 11.1 Å². The fourth-order valence-electron chi connectivity index (χ4n) is 3.39. The van der Waals surface area contributed by atoms with E-state index in [0.29, 0.717) is 32.1 Å². The number of benzene rings is 3. The lowest BCUT2D eigenvalue weighted by molar-refractivity contribution is -0.122. The van der Waals surface area contributed by atoms with E-state index in [-0.39, 0.29) is 17.9 Å². The van der Waals surface area contributed by atoms with Gasteiger partial charge in [-0.25, -0.2) is 9.69 Å². The first-order valence-electron chi connectivity index (χ1n) is 10.8. The predicted molar refractivity (Wildman–Crippen MR) is 142 cm³/mol. The number of aryl methyl sites for hydroxylation is 1. The second kappa shape index (κ2) is 11.0. The van der Waals surface area contributed by atoms with Crippen molar-refractivity contribution < 1.29 is 23.9 Å². The summed E-state index contributed by atoms with van der Waals surface area (Å²) >= 11 is 18.0. The summed E-state index contributed by atoms with van der Waals surface area (Å²) in [4.78, 5) is 51.1. The second-order valence-electron chi connectivity index (χ2n) is 7.93. The van der Waals surface area contributed by atoms with Crippen molar-refractivity contribution in [3.05, 3.63) is 92.4 Å². The summed E-state index contributed by atoms with van der Waals surface area (Å²) in [6, 6.07) is 14.9. The van der Waals surface area contributed by atoms with Crippen molar-refractivity contribution in [3.63, 3.8) is 0 Å². The van der Waals surface area contributed by atoms with Gasteiger partial charge in [0, 0.05) is 10.7 Å². The fourth-order valence-corrected chi connectivity index (χ4v) is 3.87. The second-order valence-corrected chi connectivity index (χ2v) is 9.15. The quantitative estimate of drug-likeness (QED) is 0.301. The molecule has 1 heterocycles. The molecular weight excluding hydrogens is 541 g/mol. The van der Waals surface area contributed by atoms with Crippen molar-refractivity contribution in [3.8, 4) is 5.75 Å². The van der Waals surface area contributed by atoms with Gasteiger partial charge in [-0.1, -0.05) is 53.0 Å². The summed E-state index contributed by atoms with van der Waals surface area (Å²) < 4.78 is 5.54. The molecule has 5 amide bonds. The van der Waals surface area contributed by atoms with E-state index in [1.165, 1.54) is 18.2 Å². The lowest BCUT2D eigenvalue weighted by atomic mass is 10.1. The van der Waals surface area contributed by atoms with E-state index >= 15 is 0 Å². The summed E-state index contributed by atoms with van der Waals surface area (Å²) in [7, 11) is 0. The van der Waals surface area contributed by atoms with E-state index < -0.39 is 23.8 Å². The molecule has 0 spiro atoms. The Morgan fingerprint density at radius 3 is 2.49 bits per heavy atom. The third-order valence-electron chi connectivity index (χ3n) is 5.26. The maximum Gasteiger partial charge on any atom is 0.335 e. The monoisotopic (exact) mass is 557 g/mol. The van der Waals surface area contributed by atoms with Crippen molar-refractivity contribution in [2.45, 2.75) is 6.92 Å². The average molecular weight is 559 g/mol. The molecule has 4 rings (SSSR count). The molecule has 1 fully saturated rings. The van der Waals surface area contributed by atoms with Crippen molar-refractivity contribution in [2.24, 2.45) is 0 Å². The molecule has 3 aromatic carbocycles. The van der Waals surface area contributed by atoms with Crippen LogP contribution in [0.4, 0.5) is 16.2 Å². The summed E-state index contributed by atoms with van der Waals surface area (Å²) in [5.41, 5.74) is 1.63. The SMILES string of the molecule is Cc1ccc(N2C(=O)NC(=O)/C(=C\c3cccc(OCC(=O)Nc4ccc(Cl)c(Cl)c4)c3)C2=O)cc1Cl. The van der Waals surface area contributed by atoms with Gasteiger partial charge in [0.1, 0.15) is 11.3 Å². The number of nitrogens with one attached hydrogen (secondary N) is 2. The zero-order chi connectivity index (χ0) is 26.7. The van der Waals surface area contributed by atoms with Gasteiger partial charge in [-0.05, 0) is 66.6 Å². The molecule has 0 unspecified atom stereocenters. The number of urea groups is 1. The number of carbonyl (C=O) groups is 4. The molecule has 0 aliphatic carbocycles. The Labute approximate surface area is 226 Å². The molecule has 188 valence electrons. The van der Waals surface area contributed by atoms with Gasteiger partial charge in [-0.15, -0.1) is 0 Å². The maximum atomic E-state index is 13.1.